The Balaban J connectivity index is 0.00000243. The monoisotopic (exact) mass is 460 g/mol. The number of halogens is 1. The molecule has 0 spiro atoms. The molecule has 2 aromatic carbocycles. The van der Waals surface area contributed by atoms with Gasteiger partial charge in [0.2, 0.25) is 0 Å². The maximum atomic E-state index is 4.51. The van der Waals surface area contributed by atoms with Gasteiger partial charge in [-0.05, 0) is 36.4 Å². The van der Waals surface area contributed by atoms with Gasteiger partial charge in [0.05, 0.1) is 12.2 Å². The Morgan fingerprint density at radius 3 is 2.54 bits per heavy atom. The van der Waals surface area contributed by atoms with Gasteiger partial charge in [-0.3, -0.25) is 9.98 Å². The first-order valence-corrected chi connectivity index (χ1v) is 8.50. The number of nitrogens with one attached hydrogen (secondary N) is 2. The molecule has 0 fully saturated rings. The van der Waals surface area contributed by atoms with Gasteiger partial charge in [0.25, 0.3) is 0 Å². The van der Waals surface area contributed by atoms with Crippen molar-refractivity contribution in [2.75, 3.05) is 7.05 Å². The Morgan fingerprint density at radius 1 is 1.00 bits per heavy atom. The minimum atomic E-state index is 0. The lowest BCUT2D eigenvalue weighted by Crippen LogP contribution is -2.36. The molecule has 5 heteroatoms. The van der Waals surface area contributed by atoms with Gasteiger partial charge in [-0.2, -0.15) is 0 Å². The van der Waals surface area contributed by atoms with Crippen LogP contribution in [0.3, 0.4) is 0 Å². The van der Waals surface area contributed by atoms with Crippen LogP contribution in [-0.2, 0) is 13.1 Å². The molecule has 3 rings (SSSR count). The lowest BCUT2D eigenvalue weighted by atomic mass is 10.1. The number of benzene rings is 2. The Kier molecular flexibility index (Phi) is 7.38. The molecule has 0 saturated heterocycles. The fraction of sp³-hybridized carbons (Fsp3) is 0.238. The Bertz CT molecular complexity index is 900. The number of aryl methyl sites for hydroxylation is 2. The van der Waals surface area contributed by atoms with E-state index < -0.39 is 0 Å². The second-order valence-corrected chi connectivity index (χ2v) is 6.19. The summed E-state index contributed by atoms with van der Waals surface area (Å²) in [6.07, 6.45) is 1.85. The third-order valence-corrected chi connectivity index (χ3v) is 4.35. The molecule has 2 N–H and O–H groups in total. The van der Waals surface area contributed by atoms with Crippen molar-refractivity contribution in [1.29, 1.82) is 0 Å². The molecular formula is C21H25IN4. The van der Waals surface area contributed by atoms with Gasteiger partial charge in [-0.1, -0.05) is 48.0 Å². The van der Waals surface area contributed by atoms with Crippen LogP contribution in [0.25, 0.3) is 10.8 Å². The maximum Gasteiger partial charge on any atom is 0.191 e. The molecule has 0 radical (unpaired) electrons. The fourth-order valence-corrected chi connectivity index (χ4v) is 2.93. The van der Waals surface area contributed by atoms with Gasteiger partial charge in [-0.25, -0.2) is 0 Å². The number of rotatable bonds is 4. The van der Waals surface area contributed by atoms with Gasteiger partial charge >= 0.3 is 0 Å². The summed E-state index contributed by atoms with van der Waals surface area (Å²) < 4.78 is 0. The van der Waals surface area contributed by atoms with Crippen LogP contribution in [0.2, 0.25) is 0 Å². The molecule has 0 bridgehead atoms. The van der Waals surface area contributed by atoms with Gasteiger partial charge in [0, 0.05) is 25.2 Å². The van der Waals surface area contributed by atoms with Crippen LogP contribution in [0.1, 0.15) is 22.4 Å². The van der Waals surface area contributed by atoms with Gasteiger partial charge in [0.1, 0.15) is 0 Å². The average molecular weight is 460 g/mol. The lowest BCUT2D eigenvalue weighted by Gasteiger charge is -2.14. The SMILES string of the molecule is CN=C(NCc1ccc(C)cc1C)NCc1nccc2ccccc12.I. The molecule has 0 aliphatic rings. The zero-order valence-corrected chi connectivity index (χ0v) is 17.7. The van der Waals surface area contributed by atoms with Crippen LogP contribution in [0.15, 0.2) is 59.7 Å². The van der Waals surface area contributed by atoms with E-state index in [1.165, 1.54) is 27.5 Å². The summed E-state index contributed by atoms with van der Waals surface area (Å²) in [6.45, 7) is 5.63. The van der Waals surface area contributed by atoms with E-state index in [-0.39, 0.29) is 24.0 Å². The lowest BCUT2D eigenvalue weighted by molar-refractivity contribution is 0.796. The van der Waals surface area contributed by atoms with Gasteiger partial charge in [-0.15, -0.1) is 24.0 Å². The highest BCUT2D eigenvalue weighted by Gasteiger charge is 2.05. The third kappa shape index (κ3) is 4.94. The van der Waals surface area contributed by atoms with E-state index in [1.54, 1.807) is 7.05 Å². The number of hydrogen-bond acceptors (Lipinski definition) is 2. The third-order valence-electron chi connectivity index (χ3n) is 4.35. The second-order valence-electron chi connectivity index (χ2n) is 6.19. The van der Waals surface area contributed by atoms with Crippen molar-refractivity contribution in [3.05, 3.63) is 77.1 Å². The second kappa shape index (κ2) is 9.52. The van der Waals surface area contributed by atoms with E-state index in [0.717, 1.165) is 18.2 Å². The van der Waals surface area contributed by atoms with E-state index in [4.69, 9.17) is 0 Å². The quantitative estimate of drug-likeness (QED) is 0.346. The minimum Gasteiger partial charge on any atom is -0.352 e. The minimum absolute atomic E-state index is 0. The number of nitrogens with zero attached hydrogens (tertiary/aromatic N) is 2. The molecule has 0 aliphatic heterocycles. The number of pyridine rings is 1. The summed E-state index contributed by atoms with van der Waals surface area (Å²) >= 11 is 0. The van der Waals surface area contributed by atoms with Crippen LogP contribution >= 0.6 is 24.0 Å². The number of fused-ring (bicyclic) bond motifs is 1. The molecule has 3 aromatic rings. The molecule has 4 nitrogen and oxygen atoms in total. The van der Waals surface area contributed by atoms with Crippen LogP contribution in [0.4, 0.5) is 0 Å². The summed E-state index contributed by atoms with van der Waals surface area (Å²) in [6, 6.07) is 16.8. The van der Waals surface area contributed by atoms with Crippen molar-refractivity contribution in [3.8, 4) is 0 Å². The molecule has 1 aromatic heterocycles. The molecule has 0 amide bonds. The smallest absolute Gasteiger partial charge is 0.191 e. The first kappa shape index (κ1) is 20.2. The summed E-state index contributed by atoms with van der Waals surface area (Å²) in [5.74, 6) is 0.773. The van der Waals surface area contributed by atoms with E-state index in [0.29, 0.717) is 6.54 Å². The fourth-order valence-electron chi connectivity index (χ4n) is 2.93. The summed E-state index contributed by atoms with van der Waals surface area (Å²) in [4.78, 5) is 8.82. The van der Waals surface area contributed by atoms with E-state index >= 15 is 0 Å². The summed E-state index contributed by atoms with van der Waals surface area (Å²) in [5.41, 5.74) is 4.87. The molecule has 0 unspecified atom stereocenters. The van der Waals surface area contributed by atoms with Crippen molar-refractivity contribution in [2.24, 2.45) is 4.99 Å². The van der Waals surface area contributed by atoms with Crippen LogP contribution < -0.4 is 10.6 Å². The first-order valence-electron chi connectivity index (χ1n) is 8.50. The van der Waals surface area contributed by atoms with Crippen molar-refractivity contribution < 1.29 is 0 Å². The molecule has 0 atom stereocenters. The predicted molar refractivity (Wildman–Crippen MR) is 120 cm³/mol. The highest BCUT2D eigenvalue weighted by Crippen LogP contribution is 2.16. The normalized spacial score (nSPS) is 11.1. The number of guanidine groups is 1. The molecule has 26 heavy (non-hydrogen) atoms. The predicted octanol–water partition coefficient (Wildman–Crippen LogP) is 4.33. The average Bonchev–Trinajstić information content (AvgIpc) is 2.63. The molecule has 0 aliphatic carbocycles. The number of hydrogen-bond donors (Lipinski definition) is 2. The topological polar surface area (TPSA) is 49.3 Å². The van der Waals surface area contributed by atoms with Crippen molar-refractivity contribution in [3.63, 3.8) is 0 Å². The Hall–Kier alpha value is -2.15. The van der Waals surface area contributed by atoms with E-state index in [9.17, 15) is 0 Å². The number of aliphatic imine (C=N–C) groups is 1. The molecule has 136 valence electrons. The summed E-state index contributed by atoms with van der Waals surface area (Å²) in [5, 5.41) is 9.10. The largest absolute Gasteiger partial charge is 0.352 e. The van der Waals surface area contributed by atoms with Gasteiger partial charge < -0.3 is 10.6 Å². The highest BCUT2D eigenvalue weighted by atomic mass is 127. The van der Waals surface area contributed by atoms with Crippen LogP contribution in [0.5, 0.6) is 0 Å². The standard InChI is InChI=1S/C21H24N4.HI/c1-15-8-9-18(16(2)12-15)13-24-21(22-3)25-14-20-19-7-5-4-6-17(19)10-11-23-20;/h4-12H,13-14H2,1-3H3,(H2,22,24,25);1H. The zero-order valence-electron chi connectivity index (χ0n) is 15.4. The summed E-state index contributed by atoms with van der Waals surface area (Å²) in [7, 11) is 1.79. The van der Waals surface area contributed by atoms with Crippen molar-refractivity contribution in [2.45, 2.75) is 26.9 Å². The zero-order chi connectivity index (χ0) is 17.6. The van der Waals surface area contributed by atoms with E-state index in [1.807, 2.05) is 24.4 Å². The molecule has 1 heterocycles. The molecule has 0 saturated carbocycles. The van der Waals surface area contributed by atoms with Crippen LogP contribution in [0, 0.1) is 13.8 Å². The van der Waals surface area contributed by atoms with Crippen molar-refractivity contribution in [1.82, 2.24) is 15.6 Å². The highest BCUT2D eigenvalue weighted by molar-refractivity contribution is 14.0. The molecular weight excluding hydrogens is 435 g/mol. The Labute approximate surface area is 172 Å². The van der Waals surface area contributed by atoms with Gasteiger partial charge in [0.15, 0.2) is 5.96 Å². The maximum absolute atomic E-state index is 4.51. The van der Waals surface area contributed by atoms with Crippen LogP contribution in [-0.4, -0.2) is 18.0 Å². The number of aromatic nitrogens is 1. The Morgan fingerprint density at radius 2 is 1.77 bits per heavy atom. The van der Waals surface area contributed by atoms with Crippen molar-refractivity contribution >= 4 is 40.7 Å². The van der Waals surface area contributed by atoms with E-state index in [2.05, 4.69) is 64.8 Å². The first-order chi connectivity index (χ1) is 12.2.